The van der Waals surface area contributed by atoms with Crippen LogP contribution in [0.25, 0.3) is 83.1 Å². The van der Waals surface area contributed by atoms with E-state index in [9.17, 15) is 0 Å². The molecule has 1 aliphatic carbocycles. The van der Waals surface area contributed by atoms with Gasteiger partial charge in [-0.25, -0.2) is 0 Å². The summed E-state index contributed by atoms with van der Waals surface area (Å²) in [5, 5.41) is 2.52. The fourth-order valence-corrected chi connectivity index (χ4v) is 17.1. The zero-order valence-corrected chi connectivity index (χ0v) is 62.4. The summed E-state index contributed by atoms with van der Waals surface area (Å²) in [7, 11) is 0. The Morgan fingerprint density at radius 3 is 1.34 bits per heavy atom. The van der Waals surface area contributed by atoms with Crippen LogP contribution in [-0.4, -0.2) is 11.3 Å². The van der Waals surface area contributed by atoms with E-state index in [2.05, 4.69) is 392 Å². The second-order valence-electron chi connectivity index (χ2n) is 34.5. The standard InChI is InChI=1S/C99H91BN2O/c1-94(2,3)69-44-48-85-80(57-69)81-58-70(95(4,5)6)45-49-86(81)101(85)74-46-47-83-87(61-74)102(93-78(62-31-20-16-21-32-62)59-73(98(13,14)15)60-79(93)63-33-22-17-23-34-63)88-54-66(65-51-71(96(7,8)9)56-72(52-65)97(10,11)12)55-90-92(88)100(83)84-53-64(43-50-89(84)103-90)75-40-30-41-77-76-39-28-29-42-82(76)99(91(75)77,67-35-24-18-25-36-67)68-37-26-19-27-38-68/h16-61H,1-15H3. The minimum atomic E-state index is -0.621. The van der Waals surface area contributed by atoms with Gasteiger partial charge in [-0.05, 0) is 205 Å². The summed E-state index contributed by atoms with van der Waals surface area (Å²) < 4.78 is 10.4. The number of ether oxygens (including phenoxy) is 1. The van der Waals surface area contributed by atoms with Crippen LogP contribution in [0.3, 0.4) is 0 Å². The molecule has 0 saturated carbocycles. The van der Waals surface area contributed by atoms with Gasteiger partial charge in [0.1, 0.15) is 11.5 Å². The number of hydrogen-bond donors (Lipinski definition) is 0. The number of aromatic nitrogens is 1. The highest BCUT2D eigenvalue weighted by atomic mass is 16.5. The van der Waals surface area contributed by atoms with Crippen molar-refractivity contribution in [2.45, 2.75) is 136 Å². The number of benzene rings is 13. The van der Waals surface area contributed by atoms with E-state index < -0.39 is 5.41 Å². The summed E-state index contributed by atoms with van der Waals surface area (Å²) in [6.07, 6.45) is 0. The molecule has 0 saturated heterocycles. The number of fused-ring (bicyclic) bond motifs is 10. The molecule has 0 spiro atoms. The predicted octanol–water partition coefficient (Wildman–Crippen LogP) is 24.7. The summed E-state index contributed by atoms with van der Waals surface area (Å²) in [5.41, 5.74) is 32.4. The third-order valence-electron chi connectivity index (χ3n) is 22.7. The molecule has 17 rings (SSSR count). The van der Waals surface area contributed by atoms with Crippen LogP contribution in [0.5, 0.6) is 11.5 Å². The number of nitrogens with zero attached hydrogens (tertiary/aromatic N) is 2. The number of anilines is 3. The smallest absolute Gasteiger partial charge is 0.256 e. The van der Waals surface area contributed by atoms with Gasteiger partial charge in [-0.1, -0.05) is 316 Å². The Hall–Kier alpha value is -10.7. The largest absolute Gasteiger partial charge is 0.458 e. The lowest BCUT2D eigenvalue weighted by Crippen LogP contribution is -2.59. The molecule has 0 N–H and O–H groups in total. The van der Waals surface area contributed by atoms with E-state index in [-0.39, 0.29) is 33.8 Å². The molecule has 0 bridgehead atoms. The molecule has 13 aromatic carbocycles. The lowest BCUT2D eigenvalue weighted by Gasteiger charge is -2.42. The van der Waals surface area contributed by atoms with Gasteiger partial charge in [-0.2, -0.15) is 0 Å². The van der Waals surface area contributed by atoms with E-state index in [1.807, 2.05) is 0 Å². The second-order valence-corrected chi connectivity index (χ2v) is 34.5. The van der Waals surface area contributed by atoms with Crippen LogP contribution < -0.4 is 26.0 Å². The lowest BCUT2D eigenvalue weighted by molar-refractivity contribution is 0.488. The second kappa shape index (κ2) is 23.7. The van der Waals surface area contributed by atoms with Crippen LogP contribution in [0.2, 0.25) is 0 Å². The summed E-state index contributed by atoms with van der Waals surface area (Å²) in [6, 6.07) is 107. The van der Waals surface area contributed by atoms with E-state index >= 15 is 0 Å². The van der Waals surface area contributed by atoms with Crippen molar-refractivity contribution in [3.05, 3.63) is 329 Å². The molecule has 506 valence electrons. The molecule has 3 heterocycles. The van der Waals surface area contributed by atoms with Crippen molar-refractivity contribution < 1.29 is 4.74 Å². The van der Waals surface area contributed by atoms with Crippen molar-refractivity contribution in [1.82, 2.24) is 4.57 Å². The van der Waals surface area contributed by atoms with Crippen LogP contribution >= 0.6 is 0 Å². The topological polar surface area (TPSA) is 17.4 Å². The Balaban J connectivity index is 1.01. The average Bonchev–Trinajstić information content (AvgIpc) is 1.68. The van der Waals surface area contributed by atoms with Gasteiger partial charge in [0.2, 0.25) is 0 Å². The Morgan fingerprint density at radius 1 is 0.311 bits per heavy atom. The molecule has 0 radical (unpaired) electrons. The minimum absolute atomic E-state index is 0.0577. The zero-order chi connectivity index (χ0) is 71.4. The van der Waals surface area contributed by atoms with Gasteiger partial charge in [0, 0.05) is 39.0 Å². The quantitative estimate of drug-likeness (QED) is 0.141. The van der Waals surface area contributed by atoms with Gasteiger partial charge < -0.3 is 14.2 Å². The SMILES string of the molecule is CC(C)(C)c1cc(-c2cc3c4c(c2)N(c2c(-c5ccccc5)cc(C(C)(C)C)cc2-c2ccccc2)c2cc(-n5c6ccc(C(C)(C)C)cc6c6cc(C(C)(C)C)ccc65)ccc2B4c2cc(-c4cccc5c4C(c4ccccc4)(c4ccccc4)c4ccccc4-5)ccc2O3)cc(C(C)(C)C)c1. The van der Waals surface area contributed by atoms with Gasteiger partial charge in [0.05, 0.1) is 22.1 Å². The van der Waals surface area contributed by atoms with Crippen LogP contribution in [0.15, 0.2) is 279 Å². The summed E-state index contributed by atoms with van der Waals surface area (Å²) in [4.78, 5) is 2.68. The third kappa shape index (κ3) is 10.8. The highest BCUT2D eigenvalue weighted by Crippen LogP contribution is 2.60. The molecule has 14 aromatic rings. The van der Waals surface area contributed by atoms with Crippen LogP contribution in [0.1, 0.15) is 154 Å². The van der Waals surface area contributed by atoms with E-state index in [0.717, 1.165) is 78.6 Å². The fraction of sp³-hybridized carbons (Fsp3) is 0.212. The van der Waals surface area contributed by atoms with E-state index in [1.54, 1.807) is 0 Å². The van der Waals surface area contributed by atoms with Crippen molar-refractivity contribution in [1.29, 1.82) is 0 Å². The normalized spacial score (nSPS) is 13.9. The van der Waals surface area contributed by atoms with Crippen molar-refractivity contribution in [2.75, 3.05) is 4.90 Å². The Kier molecular flexibility index (Phi) is 15.1. The van der Waals surface area contributed by atoms with Crippen molar-refractivity contribution in [2.24, 2.45) is 0 Å². The maximum absolute atomic E-state index is 7.80. The molecule has 1 aromatic heterocycles. The summed E-state index contributed by atoms with van der Waals surface area (Å²) in [6.45, 7) is 34.8. The van der Waals surface area contributed by atoms with E-state index in [0.29, 0.717) is 0 Å². The number of hydrogen-bond acceptors (Lipinski definition) is 2. The molecule has 3 nitrogen and oxygen atoms in total. The van der Waals surface area contributed by atoms with E-state index in [4.69, 9.17) is 4.74 Å². The first kappa shape index (κ1) is 65.6. The van der Waals surface area contributed by atoms with Crippen molar-refractivity contribution in [3.8, 4) is 72.8 Å². The summed E-state index contributed by atoms with van der Waals surface area (Å²) >= 11 is 0. The Morgan fingerprint density at radius 2 is 0.796 bits per heavy atom. The monoisotopic (exact) mass is 1330 g/mol. The fourth-order valence-electron chi connectivity index (χ4n) is 17.1. The molecule has 3 aliphatic rings. The van der Waals surface area contributed by atoms with Gasteiger partial charge in [0.25, 0.3) is 6.71 Å². The van der Waals surface area contributed by atoms with Crippen LogP contribution in [0, 0.1) is 0 Å². The molecule has 0 fully saturated rings. The number of rotatable bonds is 8. The molecule has 0 amide bonds. The molecule has 103 heavy (non-hydrogen) atoms. The maximum atomic E-state index is 7.80. The van der Waals surface area contributed by atoms with Gasteiger partial charge >= 0.3 is 0 Å². The maximum Gasteiger partial charge on any atom is 0.256 e. The minimum Gasteiger partial charge on any atom is -0.458 e. The first-order valence-electron chi connectivity index (χ1n) is 37.1. The van der Waals surface area contributed by atoms with Crippen molar-refractivity contribution >= 4 is 62.0 Å². The highest BCUT2D eigenvalue weighted by molar-refractivity contribution is 6.99. The first-order valence-corrected chi connectivity index (χ1v) is 37.1. The van der Waals surface area contributed by atoms with E-state index in [1.165, 1.54) is 99.6 Å². The first-order chi connectivity index (χ1) is 49.2. The van der Waals surface area contributed by atoms with Gasteiger partial charge in [-0.15, -0.1) is 0 Å². The highest BCUT2D eigenvalue weighted by Gasteiger charge is 2.49. The Labute approximate surface area is 610 Å². The molecule has 0 unspecified atom stereocenters. The van der Waals surface area contributed by atoms with Crippen LogP contribution in [-0.2, 0) is 32.5 Å². The molecule has 0 atom stereocenters. The molecular formula is C99H91BN2O. The summed E-state index contributed by atoms with van der Waals surface area (Å²) in [5.74, 6) is 1.72. The van der Waals surface area contributed by atoms with Gasteiger partial charge in [-0.3, -0.25) is 0 Å². The Bertz CT molecular complexity index is 5520. The lowest BCUT2D eigenvalue weighted by atomic mass is 9.34. The third-order valence-corrected chi connectivity index (χ3v) is 22.7. The molecular weight excluding hydrogens is 1240 g/mol. The average molecular weight is 1340 g/mol. The van der Waals surface area contributed by atoms with Crippen molar-refractivity contribution in [3.63, 3.8) is 0 Å². The van der Waals surface area contributed by atoms with Crippen LogP contribution in [0.4, 0.5) is 17.1 Å². The molecule has 2 aliphatic heterocycles. The zero-order valence-electron chi connectivity index (χ0n) is 62.4. The molecule has 4 heteroatoms. The predicted molar refractivity (Wildman–Crippen MR) is 439 cm³/mol. The van der Waals surface area contributed by atoms with Gasteiger partial charge in [0.15, 0.2) is 0 Å².